The minimum atomic E-state index is 0.218. The van der Waals surface area contributed by atoms with Gasteiger partial charge >= 0.3 is 0 Å². The summed E-state index contributed by atoms with van der Waals surface area (Å²) in [7, 11) is 2.26. The number of nitrogens with zero attached hydrogens (tertiary/aromatic N) is 1. The predicted octanol–water partition coefficient (Wildman–Crippen LogP) is 1.86. The van der Waals surface area contributed by atoms with Gasteiger partial charge in [-0.3, -0.25) is 4.90 Å². The summed E-state index contributed by atoms with van der Waals surface area (Å²) in [6.07, 6.45) is 5.03. The quantitative estimate of drug-likeness (QED) is 0.818. The van der Waals surface area contributed by atoms with Gasteiger partial charge in [-0.25, -0.2) is 0 Å². The van der Waals surface area contributed by atoms with Crippen molar-refractivity contribution in [3.63, 3.8) is 0 Å². The SMILES string of the molecule is CC1CC(C)CC(CN)(N(C)C2CCOC2)C1. The maximum absolute atomic E-state index is 6.15. The highest BCUT2D eigenvalue weighted by atomic mass is 16.5. The van der Waals surface area contributed by atoms with Gasteiger partial charge < -0.3 is 10.5 Å². The van der Waals surface area contributed by atoms with E-state index in [4.69, 9.17) is 10.5 Å². The van der Waals surface area contributed by atoms with Crippen LogP contribution >= 0.6 is 0 Å². The molecule has 3 unspecified atom stereocenters. The van der Waals surface area contributed by atoms with Crippen LogP contribution in [0.15, 0.2) is 0 Å². The van der Waals surface area contributed by atoms with Gasteiger partial charge in [0.05, 0.1) is 6.61 Å². The van der Waals surface area contributed by atoms with Crippen LogP contribution in [0.2, 0.25) is 0 Å². The van der Waals surface area contributed by atoms with Crippen molar-refractivity contribution in [2.75, 3.05) is 26.8 Å². The molecule has 2 rings (SSSR count). The summed E-state index contributed by atoms with van der Waals surface area (Å²) < 4.78 is 5.53. The van der Waals surface area contributed by atoms with Crippen LogP contribution in [0.4, 0.5) is 0 Å². The molecule has 1 aliphatic heterocycles. The molecule has 1 saturated heterocycles. The smallest absolute Gasteiger partial charge is 0.0622 e. The first kappa shape index (κ1) is 13.3. The lowest BCUT2D eigenvalue weighted by atomic mass is 9.70. The summed E-state index contributed by atoms with van der Waals surface area (Å²) in [6.45, 7) is 7.34. The number of rotatable bonds is 3. The first-order valence-corrected chi connectivity index (χ1v) is 7.08. The normalized spacial score (nSPS) is 43.2. The Hall–Kier alpha value is -0.120. The Morgan fingerprint density at radius 3 is 2.41 bits per heavy atom. The molecular formula is C14H28N2O. The third-order valence-electron chi connectivity index (χ3n) is 4.84. The Balaban J connectivity index is 2.11. The lowest BCUT2D eigenvalue weighted by Crippen LogP contribution is -2.59. The van der Waals surface area contributed by atoms with Crippen LogP contribution in [0.5, 0.6) is 0 Å². The van der Waals surface area contributed by atoms with E-state index in [1.165, 1.54) is 25.7 Å². The molecule has 1 aliphatic carbocycles. The summed E-state index contributed by atoms with van der Waals surface area (Å²) in [4.78, 5) is 2.55. The summed E-state index contributed by atoms with van der Waals surface area (Å²) in [5.41, 5.74) is 6.37. The van der Waals surface area contributed by atoms with Gasteiger partial charge in [-0.2, -0.15) is 0 Å². The molecule has 3 atom stereocenters. The standard InChI is InChI=1S/C14H28N2O/c1-11-6-12(2)8-14(7-11,10-15)16(3)13-4-5-17-9-13/h11-13H,4-10,15H2,1-3H3. The fraction of sp³-hybridized carbons (Fsp3) is 1.00. The molecule has 1 saturated carbocycles. The molecule has 0 radical (unpaired) electrons. The van der Waals surface area contributed by atoms with Gasteiger partial charge in [-0.1, -0.05) is 13.8 Å². The van der Waals surface area contributed by atoms with E-state index in [2.05, 4.69) is 25.8 Å². The van der Waals surface area contributed by atoms with E-state index in [0.717, 1.165) is 31.6 Å². The van der Waals surface area contributed by atoms with Gasteiger partial charge in [0.25, 0.3) is 0 Å². The third kappa shape index (κ3) is 2.67. The van der Waals surface area contributed by atoms with Gasteiger partial charge in [0.2, 0.25) is 0 Å². The Labute approximate surface area is 106 Å². The minimum absolute atomic E-state index is 0.218. The zero-order chi connectivity index (χ0) is 12.5. The monoisotopic (exact) mass is 240 g/mol. The van der Waals surface area contributed by atoms with E-state index in [0.29, 0.717) is 6.04 Å². The molecule has 0 amide bonds. The van der Waals surface area contributed by atoms with Crippen molar-refractivity contribution in [2.45, 2.75) is 51.1 Å². The molecule has 3 nitrogen and oxygen atoms in total. The van der Waals surface area contributed by atoms with Crippen molar-refractivity contribution >= 4 is 0 Å². The number of nitrogens with two attached hydrogens (primary N) is 1. The fourth-order valence-corrected chi connectivity index (χ4v) is 4.05. The lowest BCUT2D eigenvalue weighted by molar-refractivity contribution is 0.00578. The predicted molar refractivity (Wildman–Crippen MR) is 71.0 cm³/mol. The molecule has 17 heavy (non-hydrogen) atoms. The van der Waals surface area contributed by atoms with Gasteiger partial charge in [0.1, 0.15) is 0 Å². The number of hydrogen-bond acceptors (Lipinski definition) is 3. The second-order valence-corrected chi connectivity index (χ2v) is 6.41. The summed E-state index contributed by atoms with van der Waals surface area (Å²) in [5, 5.41) is 0. The average Bonchev–Trinajstić information content (AvgIpc) is 2.79. The molecule has 0 spiro atoms. The molecule has 0 bridgehead atoms. The second-order valence-electron chi connectivity index (χ2n) is 6.41. The van der Waals surface area contributed by atoms with Crippen molar-refractivity contribution in [3.8, 4) is 0 Å². The topological polar surface area (TPSA) is 38.5 Å². The number of likely N-dealkylation sites (N-methyl/N-ethyl adjacent to an activating group) is 1. The van der Waals surface area contributed by atoms with Gasteiger partial charge in [0, 0.05) is 24.7 Å². The highest BCUT2D eigenvalue weighted by molar-refractivity contribution is 4.99. The molecule has 2 N–H and O–H groups in total. The van der Waals surface area contributed by atoms with Crippen molar-refractivity contribution in [2.24, 2.45) is 17.6 Å². The number of hydrogen-bond donors (Lipinski definition) is 1. The van der Waals surface area contributed by atoms with Gasteiger partial charge in [-0.15, -0.1) is 0 Å². The van der Waals surface area contributed by atoms with Gasteiger partial charge in [0.15, 0.2) is 0 Å². The third-order valence-corrected chi connectivity index (χ3v) is 4.84. The van der Waals surface area contributed by atoms with E-state index >= 15 is 0 Å². The van der Waals surface area contributed by atoms with E-state index in [1.807, 2.05) is 0 Å². The Morgan fingerprint density at radius 1 is 1.29 bits per heavy atom. The van der Waals surface area contributed by atoms with Crippen LogP contribution in [0.1, 0.15) is 39.5 Å². The fourth-order valence-electron chi connectivity index (χ4n) is 4.05. The highest BCUT2D eigenvalue weighted by Gasteiger charge is 2.42. The molecule has 2 aliphatic rings. The molecule has 2 fully saturated rings. The molecule has 3 heteroatoms. The molecule has 0 aromatic heterocycles. The Morgan fingerprint density at radius 2 is 1.94 bits per heavy atom. The Kier molecular flexibility index (Phi) is 4.11. The largest absolute Gasteiger partial charge is 0.380 e. The van der Waals surface area contributed by atoms with E-state index < -0.39 is 0 Å². The van der Waals surface area contributed by atoms with Crippen molar-refractivity contribution in [1.29, 1.82) is 0 Å². The molecule has 0 aromatic carbocycles. The first-order valence-electron chi connectivity index (χ1n) is 7.08. The van der Waals surface area contributed by atoms with E-state index in [1.54, 1.807) is 0 Å². The van der Waals surface area contributed by atoms with E-state index in [-0.39, 0.29) is 5.54 Å². The van der Waals surface area contributed by atoms with Crippen LogP contribution in [0, 0.1) is 11.8 Å². The van der Waals surface area contributed by atoms with Crippen LogP contribution in [-0.2, 0) is 4.74 Å². The van der Waals surface area contributed by atoms with E-state index in [9.17, 15) is 0 Å². The van der Waals surface area contributed by atoms with Crippen molar-refractivity contribution in [3.05, 3.63) is 0 Å². The zero-order valence-corrected chi connectivity index (χ0v) is 11.6. The molecule has 0 aromatic rings. The highest BCUT2D eigenvalue weighted by Crippen LogP contribution is 2.40. The van der Waals surface area contributed by atoms with Crippen LogP contribution in [0.3, 0.4) is 0 Å². The van der Waals surface area contributed by atoms with Crippen molar-refractivity contribution < 1.29 is 4.74 Å². The minimum Gasteiger partial charge on any atom is -0.380 e. The maximum Gasteiger partial charge on any atom is 0.0622 e. The van der Waals surface area contributed by atoms with Gasteiger partial charge in [-0.05, 0) is 44.6 Å². The van der Waals surface area contributed by atoms with Crippen molar-refractivity contribution in [1.82, 2.24) is 4.90 Å². The average molecular weight is 240 g/mol. The van der Waals surface area contributed by atoms with Crippen LogP contribution in [0.25, 0.3) is 0 Å². The second kappa shape index (κ2) is 5.25. The zero-order valence-electron chi connectivity index (χ0n) is 11.6. The van der Waals surface area contributed by atoms with Crippen LogP contribution in [-0.4, -0.2) is 43.3 Å². The first-order chi connectivity index (χ1) is 8.07. The molecule has 1 heterocycles. The summed E-state index contributed by atoms with van der Waals surface area (Å²) >= 11 is 0. The summed E-state index contributed by atoms with van der Waals surface area (Å²) in [5.74, 6) is 1.60. The number of ether oxygens (including phenoxy) is 1. The van der Waals surface area contributed by atoms with Crippen LogP contribution < -0.4 is 5.73 Å². The summed E-state index contributed by atoms with van der Waals surface area (Å²) in [6, 6.07) is 0.580. The maximum atomic E-state index is 6.15. The molecular weight excluding hydrogens is 212 g/mol. The molecule has 100 valence electrons. The Bertz CT molecular complexity index is 241. The lowest BCUT2D eigenvalue weighted by Gasteiger charge is -2.50.